The molecule has 0 saturated carbocycles. The van der Waals surface area contributed by atoms with Gasteiger partial charge < -0.3 is 9.84 Å². The third-order valence-electron chi connectivity index (χ3n) is 1.93. The van der Waals surface area contributed by atoms with Gasteiger partial charge in [-0.25, -0.2) is 18.6 Å². The van der Waals surface area contributed by atoms with Gasteiger partial charge in [-0.15, -0.1) is 13.2 Å². The Hall–Kier alpha value is -1.45. The molecule has 4 nitrogen and oxygen atoms in total. The number of nitrogens with zero attached hydrogens (tertiary/aromatic N) is 1. The number of carboxylic acids is 1. The molecule has 106 valence electrons. The van der Waals surface area contributed by atoms with Crippen molar-refractivity contribution in [2.75, 3.05) is 0 Å². The third kappa shape index (κ3) is 4.01. The lowest BCUT2D eigenvalue weighted by molar-refractivity contribution is -0.276. The lowest BCUT2D eigenvalue weighted by Crippen LogP contribution is -2.20. The average Bonchev–Trinajstić information content (AvgIpc) is 2.25. The van der Waals surface area contributed by atoms with E-state index in [1.807, 2.05) is 0 Å². The van der Waals surface area contributed by atoms with Crippen molar-refractivity contribution in [3.05, 3.63) is 22.9 Å². The van der Waals surface area contributed by atoms with Crippen molar-refractivity contribution >= 4 is 21.9 Å². The predicted octanol–water partition coefficient (Wildman–Crippen LogP) is 3.51. The number of aromatic nitrogens is 1. The number of carbonyl (C=O) groups is 1. The summed E-state index contributed by atoms with van der Waals surface area (Å²) in [5.74, 6) is -2.98. The Labute approximate surface area is 111 Å². The van der Waals surface area contributed by atoms with E-state index in [1.165, 1.54) is 0 Å². The fraction of sp³-hybridized carbons (Fsp3) is 0.333. The molecule has 0 fully saturated rings. The number of ether oxygens (including phenoxy) is 1. The van der Waals surface area contributed by atoms with Crippen molar-refractivity contribution in [2.24, 2.45) is 0 Å². The summed E-state index contributed by atoms with van der Waals surface area (Å²) in [6.45, 7) is 0. The van der Waals surface area contributed by atoms with Gasteiger partial charge in [-0.1, -0.05) is 15.9 Å². The van der Waals surface area contributed by atoms with Crippen LogP contribution in [-0.2, 0) is 5.33 Å². The molecule has 0 aliphatic rings. The first kappa shape index (κ1) is 15.6. The van der Waals surface area contributed by atoms with Gasteiger partial charge in [0.2, 0.25) is 5.88 Å². The smallest absolute Gasteiger partial charge is 0.476 e. The summed E-state index contributed by atoms with van der Waals surface area (Å²) in [6, 6.07) is 0.362. The van der Waals surface area contributed by atoms with E-state index in [4.69, 9.17) is 5.11 Å². The Morgan fingerprint density at radius 1 is 1.47 bits per heavy atom. The second-order valence-electron chi connectivity index (χ2n) is 3.16. The number of alkyl halides is 6. The van der Waals surface area contributed by atoms with Crippen LogP contribution >= 0.6 is 15.9 Å². The normalized spacial score (nSPS) is 11.7. The number of rotatable bonds is 4. The van der Waals surface area contributed by atoms with Crippen LogP contribution in [-0.4, -0.2) is 22.4 Å². The topological polar surface area (TPSA) is 59.4 Å². The first-order chi connectivity index (χ1) is 8.65. The molecule has 1 heterocycles. The van der Waals surface area contributed by atoms with E-state index in [-0.39, 0.29) is 5.33 Å². The quantitative estimate of drug-likeness (QED) is 0.667. The number of hydrogen-bond acceptors (Lipinski definition) is 3. The zero-order chi connectivity index (χ0) is 14.8. The average molecular weight is 350 g/mol. The van der Waals surface area contributed by atoms with E-state index in [0.29, 0.717) is 6.07 Å². The van der Waals surface area contributed by atoms with Gasteiger partial charge in [-0.05, 0) is 0 Å². The Morgan fingerprint density at radius 2 is 2.05 bits per heavy atom. The van der Waals surface area contributed by atoms with Gasteiger partial charge in [0.25, 0.3) is 6.43 Å². The highest BCUT2D eigenvalue weighted by Gasteiger charge is 2.33. The summed E-state index contributed by atoms with van der Waals surface area (Å²) in [5, 5.41) is 8.46. The van der Waals surface area contributed by atoms with E-state index in [0.717, 1.165) is 0 Å². The molecule has 0 radical (unpaired) electrons. The lowest BCUT2D eigenvalue weighted by Gasteiger charge is -2.13. The Morgan fingerprint density at radius 3 is 2.42 bits per heavy atom. The minimum Gasteiger partial charge on any atom is -0.476 e. The maximum Gasteiger partial charge on any atom is 0.574 e. The molecule has 0 unspecified atom stereocenters. The second-order valence-corrected chi connectivity index (χ2v) is 3.72. The van der Waals surface area contributed by atoms with Crippen LogP contribution in [0.25, 0.3) is 0 Å². The van der Waals surface area contributed by atoms with Gasteiger partial charge in [0.1, 0.15) is 0 Å². The number of aromatic carboxylic acids is 1. The molecule has 0 aliphatic heterocycles. The Bertz CT molecular complexity index is 491. The van der Waals surface area contributed by atoms with E-state index in [2.05, 4.69) is 25.7 Å². The highest BCUT2D eigenvalue weighted by Crippen LogP contribution is 2.31. The molecule has 1 aromatic rings. The molecule has 0 amide bonds. The van der Waals surface area contributed by atoms with Crippen LogP contribution in [0.1, 0.15) is 28.0 Å². The van der Waals surface area contributed by atoms with Crippen LogP contribution < -0.4 is 4.74 Å². The number of halogens is 6. The van der Waals surface area contributed by atoms with Crippen molar-refractivity contribution in [1.82, 2.24) is 4.98 Å². The van der Waals surface area contributed by atoms with Crippen molar-refractivity contribution in [3.63, 3.8) is 0 Å². The molecule has 0 spiro atoms. The van der Waals surface area contributed by atoms with Crippen LogP contribution in [0.2, 0.25) is 0 Å². The zero-order valence-corrected chi connectivity index (χ0v) is 10.4. The molecule has 19 heavy (non-hydrogen) atoms. The van der Waals surface area contributed by atoms with Crippen LogP contribution in [0.5, 0.6) is 5.88 Å². The first-order valence-electron chi connectivity index (χ1n) is 4.52. The van der Waals surface area contributed by atoms with Crippen LogP contribution in [0.3, 0.4) is 0 Å². The van der Waals surface area contributed by atoms with Crippen molar-refractivity contribution < 1.29 is 36.6 Å². The summed E-state index contributed by atoms with van der Waals surface area (Å²) >= 11 is 2.78. The summed E-state index contributed by atoms with van der Waals surface area (Å²) in [6.07, 6.45) is -8.32. The van der Waals surface area contributed by atoms with E-state index in [1.54, 1.807) is 0 Å². The van der Waals surface area contributed by atoms with Gasteiger partial charge in [0.15, 0.2) is 5.69 Å². The molecule has 0 saturated heterocycles. The number of carboxylic acid groups (broad SMARTS) is 1. The maximum absolute atomic E-state index is 12.7. The van der Waals surface area contributed by atoms with E-state index >= 15 is 0 Å². The molecule has 1 aromatic heterocycles. The SMILES string of the molecule is O=C(O)c1nc(OC(F)(F)F)cc(C(F)F)c1CBr. The van der Waals surface area contributed by atoms with Gasteiger partial charge in [-0.3, -0.25) is 0 Å². The molecular formula is C9H5BrF5NO3. The molecule has 1 rings (SSSR count). The minimum atomic E-state index is -5.15. The van der Waals surface area contributed by atoms with Gasteiger partial charge in [0, 0.05) is 22.5 Å². The molecule has 0 bridgehead atoms. The predicted molar refractivity (Wildman–Crippen MR) is 55.5 cm³/mol. The highest BCUT2D eigenvalue weighted by molar-refractivity contribution is 9.08. The molecule has 0 aromatic carbocycles. The fourth-order valence-electron chi connectivity index (χ4n) is 1.25. The Kier molecular flexibility index (Phi) is 4.66. The summed E-state index contributed by atoms with van der Waals surface area (Å²) < 4.78 is 64.7. The highest BCUT2D eigenvalue weighted by atomic mass is 79.9. The van der Waals surface area contributed by atoms with E-state index < -0.39 is 41.5 Å². The van der Waals surface area contributed by atoms with Crippen molar-refractivity contribution in [2.45, 2.75) is 18.1 Å². The van der Waals surface area contributed by atoms with Gasteiger partial charge in [0.05, 0.1) is 0 Å². The summed E-state index contributed by atoms with van der Waals surface area (Å²) in [5.41, 5.74) is -2.21. The third-order valence-corrected chi connectivity index (χ3v) is 2.49. The summed E-state index contributed by atoms with van der Waals surface area (Å²) in [4.78, 5) is 13.9. The van der Waals surface area contributed by atoms with Crippen LogP contribution in [0, 0.1) is 0 Å². The summed E-state index contributed by atoms with van der Waals surface area (Å²) in [7, 11) is 0. The maximum atomic E-state index is 12.7. The fourth-order valence-corrected chi connectivity index (χ4v) is 1.84. The molecule has 0 atom stereocenters. The molecule has 10 heteroatoms. The second kappa shape index (κ2) is 5.68. The molecular weight excluding hydrogens is 345 g/mol. The molecule has 1 N–H and O–H groups in total. The van der Waals surface area contributed by atoms with Crippen molar-refractivity contribution in [3.8, 4) is 5.88 Å². The lowest BCUT2D eigenvalue weighted by atomic mass is 10.1. The van der Waals surface area contributed by atoms with Crippen molar-refractivity contribution in [1.29, 1.82) is 0 Å². The minimum absolute atomic E-state index is 0.298. The number of hydrogen-bond donors (Lipinski definition) is 1. The largest absolute Gasteiger partial charge is 0.574 e. The van der Waals surface area contributed by atoms with Crippen LogP contribution in [0.4, 0.5) is 22.0 Å². The van der Waals surface area contributed by atoms with Gasteiger partial charge >= 0.3 is 12.3 Å². The van der Waals surface area contributed by atoms with Gasteiger partial charge in [-0.2, -0.15) is 0 Å². The number of pyridine rings is 1. The standard InChI is InChI=1S/C9H5BrF5NO3/c10-2-4-3(7(11)12)1-5(19-9(13,14)15)16-6(4)8(17)18/h1,7H,2H2,(H,17,18). The Balaban J connectivity index is 3.41. The van der Waals surface area contributed by atoms with E-state index in [9.17, 15) is 26.7 Å². The first-order valence-corrected chi connectivity index (χ1v) is 5.64. The molecule has 0 aliphatic carbocycles. The monoisotopic (exact) mass is 349 g/mol. The van der Waals surface area contributed by atoms with Crippen LogP contribution in [0.15, 0.2) is 6.07 Å². The zero-order valence-electron chi connectivity index (χ0n) is 8.84.